The van der Waals surface area contributed by atoms with Crippen LogP contribution in [-0.2, 0) is 6.54 Å². The number of benzene rings is 1. The Morgan fingerprint density at radius 2 is 2.10 bits per heavy atom. The fraction of sp³-hybridized carbons (Fsp3) is 0.250. The second kappa shape index (κ2) is 6.27. The van der Waals surface area contributed by atoms with Crippen LogP contribution in [0.4, 0.5) is 4.39 Å². The summed E-state index contributed by atoms with van der Waals surface area (Å²) in [5.74, 6) is -0.195. The SMILES string of the molecule is CC(c1ccccc1F)N(C)Cc1ccnc(C#N)c1. The standard InChI is InChI=1S/C16H16FN3/c1-12(15-5-3-4-6-16(15)17)20(2)11-13-7-8-19-14(9-13)10-18/h3-9,12H,11H2,1-2H3. The highest BCUT2D eigenvalue weighted by atomic mass is 19.1. The molecule has 0 aliphatic heterocycles. The third kappa shape index (κ3) is 3.19. The quantitative estimate of drug-likeness (QED) is 0.855. The van der Waals surface area contributed by atoms with Crippen LogP contribution in [0, 0.1) is 17.1 Å². The molecular formula is C16H16FN3. The van der Waals surface area contributed by atoms with Crippen LogP contribution in [0.25, 0.3) is 0 Å². The number of hydrogen-bond donors (Lipinski definition) is 0. The summed E-state index contributed by atoms with van der Waals surface area (Å²) in [6.07, 6.45) is 1.62. The van der Waals surface area contributed by atoms with Crippen molar-refractivity contribution in [2.24, 2.45) is 0 Å². The van der Waals surface area contributed by atoms with Crippen LogP contribution >= 0.6 is 0 Å². The highest BCUT2D eigenvalue weighted by Gasteiger charge is 2.15. The second-order valence-electron chi connectivity index (χ2n) is 4.77. The molecule has 0 N–H and O–H groups in total. The topological polar surface area (TPSA) is 39.9 Å². The zero-order valence-corrected chi connectivity index (χ0v) is 11.5. The van der Waals surface area contributed by atoms with Crippen molar-refractivity contribution in [3.05, 3.63) is 65.2 Å². The fourth-order valence-electron chi connectivity index (χ4n) is 2.11. The average Bonchev–Trinajstić information content (AvgIpc) is 2.47. The van der Waals surface area contributed by atoms with Gasteiger partial charge in [-0.15, -0.1) is 0 Å². The van der Waals surface area contributed by atoms with E-state index in [9.17, 15) is 4.39 Å². The van der Waals surface area contributed by atoms with Gasteiger partial charge in [0.05, 0.1) is 0 Å². The van der Waals surface area contributed by atoms with Gasteiger partial charge in [-0.05, 0) is 37.7 Å². The average molecular weight is 269 g/mol. The minimum atomic E-state index is -0.195. The minimum Gasteiger partial charge on any atom is -0.295 e. The van der Waals surface area contributed by atoms with Crippen molar-refractivity contribution >= 4 is 0 Å². The van der Waals surface area contributed by atoms with Gasteiger partial charge in [0.2, 0.25) is 0 Å². The lowest BCUT2D eigenvalue weighted by Gasteiger charge is -2.25. The van der Waals surface area contributed by atoms with Crippen molar-refractivity contribution in [3.63, 3.8) is 0 Å². The van der Waals surface area contributed by atoms with Gasteiger partial charge in [0.25, 0.3) is 0 Å². The summed E-state index contributed by atoms with van der Waals surface area (Å²) in [6, 6.07) is 12.4. The molecule has 0 radical (unpaired) electrons. The molecule has 0 amide bonds. The van der Waals surface area contributed by atoms with Crippen molar-refractivity contribution in [2.75, 3.05) is 7.05 Å². The Morgan fingerprint density at radius 1 is 1.35 bits per heavy atom. The first-order valence-electron chi connectivity index (χ1n) is 6.41. The zero-order chi connectivity index (χ0) is 14.5. The zero-order valence-electron chi connectivity index (χ0n) is 11.5. The van der Waals surface area contributed by atoms with E-state index in [1.54, 1.807) is 24.4 Å². The number of nitriles is 1. The Kier molecular flexibility index (Phi) is 4.44. The number of pyridine rings is 1. The van der Waals surface area contributed by atoms with E-state index in [0.29, 0.717) is 17.8 Å². The summed E-state index contributed by atoms with van der Waals surface area (Å²) in [7, 11) is 1.93. The molecule has 1 heterocycles. The number of nitrogens with zero attached hydrogens (tertiary/aromatic N) is 3. The molecule has 102 valence electrons. The van der Waals surface area contributed by atoms with Gasteiger partial charge < -0.3 is 0 Å². The Bertz CT molecular complexity index is 634. The first-order valence-corrected chi connectivity index (χ1v) is 6.41. The minimum absolute atomic E-state index is 0.0464. The van der Waals surface area contributed by atoms with E-state index in [0.717, 1.165) is 5.56 Å². The normalized spacial score (nSPS) is 12.2. The van der Waals surface area contributed by atoms with Crippen LogP contribution < -0.4 is 0 Å². The first kappa shape index (κ1) is 14.2. The van der Waals surface area contributed by atoms with Crippen LogP contribution in [0.15, 0.2) is 42.6 Å². The molecule has 0 spiro atoms. The number of rotatable bonds is 4. The highest BCUT2D eigenvalue weighted by Crippen LogP contribution is 2.23. The van der Waals surface area contributed by atoms with E-state index in [4.69, 9.17) is 5.26 Å². The van der Waals surface area contributed by atoms with Gasteiger partial charge in [-0.1, -0.05) is 18.2 Å². The van der Waals surface area contributed by atoms with Gasteiger partial charge in [0, 0.05) is 24.3 Å². The van der Waals surface area contributed by atoms with E-state index in [-0.39, 0.29) is 11.9 Å². The van der Waals surface area contributed by atoms with Crippen LogP contribution in [0.3, 0.4) is 0 Å². The molecule has 0 aliphatic rings. The van der Waals surface area contributed by atoms with Gasteiger partial charge in [-0.3, -0.25) is 4.90 Å². The lowest BCUT2D eigenvalue weighted by molar-refractivity contribution is 0.248. The smallest absolute Gasteiger partial charge is 0.140 e. The van der Waals surface area contributed by atoms with Crippen molar-refractivity contribution in [1.82, 2.24) is 9.88 Å². The van der Waals surface area contributed by atoms with Crippen LogP contribution in [0.2, 0.25) is 0 Å². The lowest BCUT2D eigenvalue weighted by Crippen LogP contribution is -2.22. The molecule has 0 bridgehead atoms. The molecule has 1 atom stereocenters. The fourth-order valence-corrected chi connectivity index (χ4v) is 2.11. The van der Waals surface area contributed by atoms with Gasteiger partial charge in [0.1, 0.15) is 17.6 Å². The molecule has 20 heavy (non-hydrogen) atoms. The first-order chi connectivity index (χ1) is 9.61. The number of hydrogen-bond acceptors (Lipinski definition) is 3. The van der Waals surface area contributed by atoms with E-state index >= 15 is 0 Å². The molecule has 2 rings (SSSR count). The maximum atomic E-state index is 13.8. The predicted octanol–water partition coefficient (Wildman–Crippen LogP) is 3.29. The molecule has 0 saturated heterocycles. The van der Waals surface area contributed by atoms with Crippen molar-refractivity contribution in [2.45, 2.75) is 19.5 Å². The summed E-state index contributed by atoms with van der Waals surface area (Å²) < 4.78 is 13.8. The lowest BCUT2D eigenvalue weighted by atomic mass is 10.1. The second-order valence-corrected chi connectivity index (χ2v) is 4.77. The van der Waals surface area contributed by atoms with Crippen molar-refractivity contribution < 1.29 is 4.39 Å². The molecule has 1 aromatic carbocycles. The van der Waals surface area contributed by atoms with E-state index in [1.807, 2.05) is 37.1 Å². The summed E-state index contributed by atoms with van der Waals surface area (Å²) in [5.41, 5.74) is 2.06. The van der Waals surface area contributed by atoms with Gasteiger partial charge >= 0.3 is 0 Å². The largest absolute Gasteiger partial charge is 0.295 e. The van der Waals surface area contributed by atoms with Crippen LogP contribution in [0.5, 0.6) is 0 Å². The number of aromatic nitrogens is 1. The third-order valence-electron chi connectivity index (χ3n) is 3.39. The Morgan fingerprint density at radius 3 is 2.80 bits per heavy atom. The summed E-state index contributed by atoms with van der Waals surface area (Å²) >= 11 is 0. The van der Waals surface area contributed by atoms with E-state index in [1.165, 1.54) is 6.07 Å². The van der Waals surface area contributed by atoms with Gasteiger partial charge in [-0.25, -0.2) is 9.37 Å². The Balaban J connectivity index is 2.14. The predicted molar refractivity (Wildman–Crippen MR) is 75.2 cm³/mol. The summed E-state index contributed by atoms with van der Waals surface area (Å²) in [6.45, 7) is 2.59. The summed E-state index contributed by atoms with van der Waals surface area (Å²) in [4.78, 5) is 5.98. The third-order valence-corrected chi connectivity index (χ3v) is 3.39. The molecule has 0 fully saturated rings. The molecular weight excluding hydrogens is 253 g/mol. The van der Waals surface area contributed by atoms with Crippen molar-refractivity contribution in [1.29, 1.82) is 5.26 Å². The molecule has 0 aliphatic carbocycles. The molecule has 0 saturated carbocycles. The summed E-state index contributed by atoms with van der Waals surface area (Å²) in [5, 5.41) is 8.84. The molecule has 3 nitrogen and oxygen atoms in total. The van der Waals surface area contributed by atoms with E-state index in [2.05, 4.69) is 4.98 Å². The maximum absolute atomic E-state index is 13.8. The van der Waals surface area contributed by atoms with Gasteiger partial charge in [-0.2, -0.15) is 5.26 Å². The Hall–Kier alpha value is -2.25. The number of halogens is 1. The molecule has 1 unspecified atom stereocenters. The van der Waals surface area contributed by atoms with E-state index < -0.39 is 0 Å². The molecule has 2 aromatic rings. The van der Waals surface area contributed by atoms with Crippen LogP contribution in [0.1, 0.15) is 29.8 Å². The highest BCUT2D eigenvalue weighted by molar-refractivity contribution is 5.26. The molecule has 1 aromatic heterocycles. The van der Waals surface area contributed by atoms with Crippen LogP contribution in [-0.4, -0.2) is 16.9 Å². The molecule has 4 heteroatoms. The Labute approximate surface area is 118 Å². The van der Waals surface area contributed by atoms with Crippen molar-refractivity contribution in [3.8, 4) is 6.07 Å². The van der Waals surface area contributed by atoms with Gasteiger partial charge in [0.15, 0.2) is 0 Å². The maximum Gasteiger partial charge on any atom is 0.140 e. The monoisotopic (exact) mass is 269 g/mol.